The average Bonchev–Trinajstić information content (AvgIpc) is 3.49. The van der Waals surface area contributed by atoms with Crippen LogP contribution in [0.15, 0.2) is 85.1 Å². The first-order valence-corrected chi connectivity index (χ1v) is 11.5. The van der Waals surface area contributed by atoms with Crippen LogP contribution < -0.4 is 15.8 Å². The fourth-order valence-corrected chi connectivity index (χ4v) is 4.66. The van der Waals surface area contributed by atoms with Crippen LogP contribution in [-0.4, -0.2) is 23.5 Å². The number of benzene rings is 3. The number of anilines is 1. The first kappa shape index (κ1) is 21.5. The summed E-state index contributed by atoms with van der Waals surface area (Å²) < 4.78 is 12.9. The summed E-state index contributed by atoms with van der Waals surface area (Å²) in [4.78, 5) is 16.3. The number of rotatable bonds is 7. The van der Waals surface area contributed by atoms with Crippen molar-refractivity contribution in [3.8, 4) is 5.75 Å². The maximum atomic E-state index is 12.5. The number of thiophene rings is 1. The molecule has 0 bridgehead atoms. The third-order valence-electron chi connectivity index (χ3n) is 5.39. The van der Waals surface area contributed by atoms with E-state index in [0.717, 1.165) is 26.6 Å². The van der Waals surface area contributed by atoms with E-state index >= 15 is 0 Å². The minimum atomic E-state index is -0.563. The largest absolute Gasteiger partial charge is 0.481 e. The summed E-state index contributed by atoms with van der Waals surface area (Å²) in [7, 11) is 0. The molecule has 1 atom stereocenters. The van der Waals surface area contributed by atoms with Crippen LogP contribution in [-0.2, 0) is 4.74 Å². The number of carbonyl (C=O) groups is 1. The fraction of sp³-hybridized carbons (Fsp3) is 0.0769. The van der Waals surface area contributed by atoms with Gasteiger partial charge in [0.25, 0.3) is 0 Å². The lowest BCUT2D eigenvalue weighted by Gasteiger charge is -2.20. The molecular weight excluding hydrogens is 448 g/mol. The van der Waals surface area contributed by atoms with E-state index in [2.05, 4.69) is 10.3 Å². The van der Waals surface area contributed by atoms with Crippen molar-refractivity contribution in [3.05, 3.63) is 95.5 Å². The molecule has 0 fully saturated rings. The molecule has 0 aliphatic carbocycles. The van der Waals surface area contributed by atoms with Crippen molar-refractivity contribution in [3.63, 3.8) is 0 Å². The molecule has 2 aromatic heterocycles. The van der Waals surface area contributed by atoms with Gasteiger partial charge in [-0.3, -0.25) is 10.7 Å². The standard InChI is InChI=1S/C26H22N4O3S/c27-25(28)24-14-19-21(7-4-8-23(19)34-24)33-22(16-5-2-1-3-6-16)15-32-26(31)30-18-9-10-20-17(13-18)11-12-29-20/h1-14,22,29H,15H2,(H3,27,28)(H,30,31). The zero-order valence-corrected chi connectivity index (χ0v) is 18.9. The Bertz CT molecular complexity index is 1480. The second-order valence-electron chi connectivity index (χ2n) is 7.71. The van der Waals surface area contributed by atoms with Crippen LogP contribution >= 0.6 is 11.3 Å². The van der Waals surface area contributed by atoms with Crippen molar-refractivity contribution in [2.75, 3.05) is 11.9 Å². The molecule has 3 aromatic carbocycles. The third-order valence-corrected chi connectivity index (χ3v) is 6.53. The van der Waals surface area contributed by atoms with Crippen LogP contribution in [0, 0.1) is 5.41 Å². The lowest BCUT2D eigenvalue weighted by atomic mass is 10.1. The van der Waals surface area contributed by atoms with Crippen molar-refractivity contribution in [1.82, 2.24) is 4.98 Å². The average molecular weight is 471 g/mol. The second kappa shape index (κ2) is 9.29. The normalized spacial score (nSPS) is 11.9. The number of hydrogen-bond donors (Lipinski definition) is 4. The molecule has 0 aliphatic heterocycles. The number of nitrogens with two attached hydrogens (primary N) is 1. The number of nitrogen functional groups attached to an aromatic ring is 1. The van der Waals surface area contributed by atoms with Gasteiger partial charge in [-0.2, -0.15) is 0 Å². The van der Waals surface area contributed by atoms with E-state index in [1.165, 1.54) is 11.3 Å². The van der Waals surface area contributed by atoms with Crippen molar-refractivity contribution in [2.45, 2.75) is 6.10 Å². The highest BCUT2D eigenvalue weighted by Crippen LogP contribution is 2.35. The maximum Gasteiger partial charge on any atom is 0.411 e. The highest BCUT2D eigenvalue weighted by atomic mass is 32.1. The van der Waals surface area contributed by atoms with Crippen molar-refractivity contribution in [1.29, 1.82) is 5.41 Å². The van der Waals surface area contributed by atoms with E-state index in [1.807, 2.05) is 85.1 Å². The van der Waals surface area contributed by atoms with Gasteiger partial charge in [0.05, 0.1) is 4.88 Å². The number of amides is 1. The predicted octanol–water partition coefficient (Wildman–Crippen LogP) is 6.04. The Morgan fingerprint density at radius 3 is 2.74 bits per heavy atom. The number of aromatic amines is 1. The Labute approximate surface area is 199 Å². The molecular formula is C26H22N4O3S. The van der Waals surface area contributed by atoms with Gasteiger partial charge in [0.15, 0.2) is 6.10 Å². The minimum absolute atomic E-state index is 0.0162. The van der Waals surface area contributed by atoms with Crippen LogP contribution in [0.5, 0.6) is 5.75 Å². The number of fused-ring (bicyclic) bond motifs is 2. The summed E-state index contributed by atoms with van der Waals surface area (Å²) in [5.74, 6) is 0.654. The Hall–Kier alpha value is -4.30. The third kappa shape index (κ3) is 4.57. The summed E-state index contributed by atoms with van der Waals surface area (Å²) in [6.45, 7) is 0.0162. The zero-order valence-electron chi connectivity index (χ0n) is 18.1. The topological polar surface area (TPSA) is 113 Å². The van der Waals surface area contributed by atoms with E-state index in [1.54, 1.807) is 0 Å². The number of ether oxygens (including phenoxy) is 2. The number of hydrogen-bond acceptors (Lipinski definition) is 5. The molecule has 0 spiro atoms. The minimum Gasteiger partial charge on any atom is -0.481 e. The van der Waals surface area contributed by atoms with Crippen molar-refractivity contribution < 1.29 is 14.3 Å². The fourth-order valence-electron chi connectivity index (χ4n) is 3.73. The van der Waals surface area contributed by atoms with E-state index in [-0.39, 0.29) is 12.4 Å². The highest BCUT2D eigenvalue weighted by molar-refractivity contribution is 7.20. The van der Waals surface area contributed by atoms with Gasteiger partial charge in [0.1, 0.15) is 18.2 Å². The SMILES string of the molecule is N=C(N)c1cc2c(OC(COC(=O)Nc3ccc4[nH]ccc4c3)c3ccccc3)cccc2s1. The Balaban J connectivity index is 1.34. The first-order valence-electron chi connectivity index (χ1n) is 10.7. The Morgan fingerprint density at radius 1 is 1.06 bits per heavy atom. The summed E-state index contributed by atoms with van der Waals surface area (Å²) in [5.41, 5.74) is 8.19. The Morgan fingerprint density at radius 2 is 1.91 bits per heavy atom. The van der Waals surface area contributed by atoms with Crippen LogP contribution in [0.3, 0.4) is 0 Å². The quantitative estimate of drug-likeness (QED) is 0.172. The molecule has 0 saturated carbocycles. The van der Waals surface area contributed by atoms with Gasteiger partial charge in [-0.15, -0.1) is 11.3 Å². The molecule has 34 heavy (non-hydrogen) atoms. The van der Waals surface area contributed by atoms with E-state index in [4.69, 9.17) is 20.6 Å². The predicted molar refractivity (Wildman–Crippen MR) is 136 cm³/mol. The molecule has 5 aromatic rings. The molecule has 2 heterocycles. The summed E-state index contributed by atoms with van der Waals surface area (Å²) in [6, 6.07) is 24.7. The van der Waals surface area contributed by atoms with Crippen molar-refractivity contribution >= 4 is 49.9 Å². The zero-order chi connectivity index (χ0) is 23.5. The smallest absolute Gasteiger partial charge is 0.411 e. The molecule has 8 heteroatoms. The molecule has 0 aliphatic rings. The first-order chi connectivity index (χ1) is 16.6. The van der Waals surface area contributed by atoms with Crippen LogP contribution in [0.1, 0.15) is 16.5 Å². The van der Waals surface area contributed by atoms with Gasteiger partial charge in [-0.25, -0.2) is 4.79 Å². The number of carbonyl (C=O) groups excluding carboxylic acids is 1. The summed E-state index contributed by atoms with van der Waals surface area (Å²) >= 11 is 1.44. The molecule has 1 unspecified atom stereocenters. The van der Waals surface area contributed by atoms with E-state index in [9.17, 15) is 4.79 Å². The van der Waals surface area contributed by atoms with Crippen LogP contribution in [0.2, 0.25) is 0 Å². The van der Waals surface area contributed by atoms with Gasteiger partial charge in [0.2, 0.25) is 0 Å². The van der Waals surface area contributed by atoms with E-state index < -0.39 is 12.2 Å². The number of H-pyrrole nitrogens is 1. The molecule has 5 rings (SSSR count). The van der Waals surface area contributed by atoms with Gasteiger partial charge in [-0.1, -0.05) is 36.4 Å². The lowest BCUT2D eigenvalue weighted by molar-refractivity contribution is 0.0910. The molecule has 5 N–H and O–H groups in total. The molecule has 0 saturated heterocycles. The van der Waals surface area contributed by atoms with Gasteiger partial charge < -0.3 is 20.2 Å². The van der Waals surface area contributed by atoms with Gasteiger partial charge >= 0.3 is 6.09 Å². The summed E-state index contributed by atoms with van der Waals surface area (Å²) in [5, 5.41) is 12.4. The number of aromatic nitrogens is 1. The monoisotopic (exact) mass is 470 g/mol. The van der Waals surface area contributed by atoms with Gasteiger partial charge in [-0.05, 0) is 48.0 Å². The van der Waals surface area contributed by atoms with Crippen molar-refractivity contribution in [2.24, 2.45) is 5.73 Å². The van der Waals surface area contributed by atoms with Crippen LogP contribution in [0.4, 0.5) is 10.5 Å². The van der Waals surface area contributed by atoms with E-state index in [0.29, 0.717) is 16.3 Å². The lowest BCUT2D eigenvalue weighted by Crippen LogP contribution is -2.21. The molecule has 170 valence electrons. The Kier molecular flexibility index (Phi) is 5.88. The molecule has 1 amide bonds. The number of nitrogens with one attached hydrogen (secondary N) is 3. The van der Waals surface area contributed by atoms with Gasteiger partial charge in [0, 0.05) is 32.9 Å². The number of amidine groups is 1. The second-order valence-corrected chi connectivity index (χ2v) is 8.80. The summed E-state index contributed by atoms with van der Waals surface area (Å²) in [6.07, 6.45) is 0.763. The molecule has 7 nitrogen and oxygen atoms in total. The maximum absolute atomic E-state index is 12.5. The highest BCUT2D eigenvalue weighted by Gasteiger charge is 2.19. The van der Waals surface area contributed by atoms with Crippen LogP contribution in [0.25, 0.3) is 21.0 Å². The molecule has 0 radical (unpaired) electrons.